The van der Waals surface area contributed by atoms with E-state index >= 15 is 0 Å². The van der Waals surface area contributed by atoms with Gasteiger partial charge in [-0.2, -0.15) is 8.78 Å². The molecule has 0 amide bonds. The van der Waals surface area contributed by atoms with Gasteiger partial charge in [-0.3, -0.25) is 0 Å². The lowest BCUT2D eigenvalue weighted by Gasteiger charge is -2.12. The Bertz CT molecular complexity index is 334. The van der Waals surface area contributed by atoms with Crippen molar-refractivity contribution in [3.63, 3.8) is 0 Å². The van der Waals surface area contributed by atoms with Crippen molar-refractivity contribution in [3.05, 3.63) is 23.8 Å². The lowest BCUT2D eigenvalue weighted by Crippen LogP contribution is -2.08. The third-order valence-electron chi connectivity index (χ3n) is 1.81. The average molecular weight is 233 g/mol. The first kappa shape index (κ1) is 12.7. The fraction of sp³-hybridized carbons (Fsp3) is 0.400. The molecule has 0 atom stereocenters. The molecule has 0 bridgehead atoms. The molecule has 0 radical (unpaired) electrons. The van der Waals surface area contributed by atoms with Crippen LogP contribution in [0.25, 0.3) is 0 Å². The molecule has 90 valence electrons. The smallest absolute Gasteiger partial charge is 0.387 e. The van der Waals surface area contributed by atoms with Crippen molar-refractivity contribution in [2.24, 2.45) is 0 Å². The minimum Gasteiger partial charge on any atom is -0.490 e. The van der Waals surface area contributed by atoms with Crippen molar-refractivity contribution in [1.82, 2.24) is 5.48 Å². The van der Waals surface area contributed by atoms with Gasteiger partial charge in [0.1, 0.15) is 0 Å². The maximum atomic E-state index is 12.1. The fourth-order valence-electron chi connectivity index (χ4n) is 1.22. The largest absolute Gasteiger partial charge is 0.490 e. The molecular formula is C10H13F2NO3. The molecule has 1 aromatic carbocycles. The van der Waals surface area contributed by atoms with E-state index in [1.807, 2.05) is 5.48 Å². The molecule has 0 saturated carbocycles. The highest BCUT2D eigenvalue weighted by Gasteiger charge is 2.11. The van der Waals surface area contributed by atoms with Crippen molar-refractivity contribution in [2.75, 3.05) is 6.61 Å². The van der Waals surface area contributed by atoms with Gasteiger partial charge < -0.3 is 14.7 Å². The summed E-state index contributed by atoms with van der Waals surface area (Å²) in [4.78, 5) is 0. The van der Waals surface area contributed by atoms with E-state index in [1.54, 1.807) is 13.0 Å². The Hall–Kier alpha value is -1.40. The Morgan fingerprint density at radius 2 is 2.12 bits per heavy atom. The number of hydrogen-bond acceptors (Lipinski definition) is 4. The lowest BCUT2D eigenvalue weighted by molar-refractivity contribution is -0.0514. The quantitative estimate of drug-likeness (QED) is 0.739. The summed E-state index contributed by atoms with van der Waals surface area (Å²) in [7, 11) is 0. The molecule has 2 N–H and O–H groups in total. The third-order valence-corrected chi connectivity index (χ3v) is 1.81. The van der Waals surface area contributed by atoms with Crippen LogP contribution in [0.1, 0.15) is 12.5 Å². The first-order chi connectivity index (χ1) is 7.67. The van der Waals surface area contributed by atoms with Gasteiger partial charge in [0.05, 0.1) is 6.61 Å². The van der Waals surface area contributed by atoms with E-state index in [9.17, 15) is 8.78 Å². The van der Waals surface area contributed by atoms with Gasteiger partial charge >= 0.3 is 6.61 Å². The minimum absolute atomic E-state index is 0.0152. The highest BCUT2D eigenvalue weighted by Crippen LogP contribution is 2.29. The number of benzene rings is 1. The molecule has 0 heterocycles. The van der Waals surface area contributed by atoms with Gasteiger partial charge in [-0.25, -0.2) is 5.48 Å². The van der Waals surface area contributed by atoms with Crippen molar-refractivity contribution in [1.29, 1.82) is 0 Å². The third kappa shape index (κ3) is 3.63. The highest BCUT2D eigenvalue weighted by molar-refractivity contribution is 5.43. The molecule has 0 aliphatic heterocycles. The van der Waals surface area contributed by atoms with E-state index in [0.717, 1.165) is 0 Å². The van der Waals surface area contributed by atoms with E-state index in [0.29, 0.717) is 12.2 Å². The monoisotopic (exact) mass is 233 g/mol. The summed E-state index contributed by atoms with van der Waals surface area (Å²) in [6, 6.07) is 4.47. The van der Waals surface area contributed by atoms with Crippen molar-refractivity contribution in [2.45, 2.75) is 20.1 Å². The maximum Gasteiger partial charge on any atom is 0.387 e. The number of halogens is 2. The lowest BCUT2D eigenvalue weighted by atomic mass is 10.2. The molecule has 0 aliphatic rings. The number of rotatable bonds is 6. The van der Waals surface area contributed by atoms with Crippen LogP contribution in [-0.2, 0) is 6.54 Å². The SMILES string of the molecule is CCOc1cc(CNO)ccc1OC(F)F. The Balaban J connectivity index is 2.89. The van der Waals surface area contributed by atoms with E-state index < -0.39 is 6.61 Å². The van der Waals surface area contributed by atoms with Crippen LogP contribution in [-0.4, -0.2) is 18.4 Å². The second kappa shape index (κ2) is 6.24. The maximum absolute atomic E-state index is 12.1. The van der Waals surface area contributed by atoms with Gasteiger partial charge in [-0.15, -0.1) is 0 Å². The van der Waals surface area contributed by atoms with E-state index in [4.69, 9.17) is 9.94 Å². The molecule has 0 spiro atoms. The minimum atomic E-state index is -2.89. The Morgan fingerprint density at radius 1 is 1.38 bits per heavy atom. The molecule has 16 heavy (non-hydrogen) atoms. The molecule has 0 aliphatic carbocycles. The van der Waals surface area contributed by atoms with Crippen LogP contribution in [0, 0.1) is 0 Å². The molecular weight excluding hydrogens is 220 g/mol. The zero-order valence-corrected chi connectivity index (χ0v) is 8.74. The zero-order valence-electron chi connectivity index (χ0n) is 8.74. The zero-order chi connectivity index (χ0) is 12.0. The first-order valence-corrected chi connectivity index (χ1v) is 4.74. The number of alkyl halides is 2. The summed E-state index contributed by atoms with van der Waals surface area (Å²) in [5, 5.41) is 8.51. The second-order valence-electron chi connectivity index (χ2n) is 2.93. The van der Waals surface area contributed by atoms with Gasteiger partial charge in [0.25, 0.3) is 0 Å². The number of ether oxygens (including phenoxy) is 2. The average Bonchev–Trinajstić information content (AvgIpc) is 2.22. The van der Waals surface area contributed by atoms with Gasteiger partial charge in [-0.1, -0.05) is 6.07 Å². The highest BCUT2D eigenvalue weighted by atomic mass is 19.3. The van der Waals surface area contributed by atoms with Crippen molar-refractivity contribution >= 4 is 0 Å². The van der Waals surface area contributed by atoms with Gasteiger partial charge in [-0.05, 0) is 24.6 Å². The van der Waals surface area contributed by atoms with Crippen LogP contribution in [0.2, 0.25) is 0 Å². The number of hydroxylamine groups is 1. The molecule has 4 nitrogen and oxygen atoms in total. The fourth-order valence-corrected chi connectivity index (χ4v) is 1.22. The Morgan fingerprint density at radius 3 is 2.69 bits per heavy atom. The first-order valence-electron chi connectivity index (χ1n) is 4.74. The van der Waals surface area contributed by atoms with Crippen LogP contribution in [0.15, 0.2) is 18.2 Å². The molecule has 1 rings (SSSR count). The van der Waals surface area contributed by atoms with Crippen LogP contribution in [0.4, 0.5) is 8.78 Å². The van der Waals surface area contributed by atoms with Crippen LogP contribution >= 0.6 is 0 Å². The molecule has 0 saturated heterocycles. The Kier molecular flexibility index (Phi) is 4.94. The number of hydrogen-bond donors (Lipinski definition) is 2. The summed E-state index contributed by atoms with van der Waals surface area (Å²) in [6.45, 7) is -0.602. The van der Waals surface area contributed by atoms with Crippen molar-refractivity contribution in [3.8, 4) is 11.5 Å². The summed E-state index contributed by atoms with van der Waals surface area (Å²) in [5.41, 5.74) is 2.67. The molecule has 0 unspecified atom stereocenters. The normalized spacial score (nSPS) is 10.6. The predicted molar refractivity (Wildman–Crippen MR) is 52.9 cm³/mol. The molecule has 1 aromatic rings. The van der Waals surface area contributed by atoms with Gasteiger partial charge in [0.15, 0.2) is 11.5 Å². The summed E-state index contributed by atoms with van der Waals surface area (Å²) in [5.74, 6) is 0.217. The van der Waals surface area contributed by atoms with E-state index in [2.05, 4.69) is 4.74 Å². The second-order valence-corrected chi connectivity index (χ2v) is 2.93. The molecule has 0 fully saturated rings. The van der Waals surface area contributed by atoms with Crippen LogP contribution < -0.4 is 15.0 Å². The molecule has 0 aromatic heterocycles. The molecule has 6 heteroatoms. The summed E-state index contributed by atoms with van der Waals surface area (Å²) < 4.78 is 33.6. The predicted octanol–water partition coefficient (Wildman–Crippen LogP) is 2.17. The van der Waals surface area contributed by atoms with Crippen molar-refractivity contribution < 1.29 is 23.5 Å². The topological polar surface area (TPSA) is 50.7 Å². The summed E-state index contributed by atoms with van der Waals surface area (Å²) >= 11 is 0. The van der Waals surface area contributed by atoms with E-state index in [-0.39, 0.29) is 18.0 Å². The van der Waals surface area contributed by atoms with E-state index in [1.165, 1.54) is 12.1 Å². The van der Waals surface area contributed by atoms with Crippen LogP contribution in [0.3, 0.4) is 0 Å². The standard InChI is InChI=1S/C10H13F2NO3/c1-2-15-9-5-7(6-13-14)3-4-8(9)16-10(11)12/h3-5,10,13-14H,2,6H2,1H3. The van der Waals surface area contributed by atoms with Gasteiger partial charge in [0, 0.05) is 6.54 Å². The summed E-state index contributed by atoms with van der Waals surface area (Å²) in [6.07, 6.45) is 0. The van der Waals surface area contributed by atoms with Crippen LogP contribution in [0.5, 0.6) is 11.5 Å². The van der Waals surface area contributed by atoms with Gasteiger partial charge in [0.2, 0.25) is 0 Å². The Labute approximate surface area is 91.7 Å². The number of nitrogens with one attached hydrogen (secondary N) is 1.